The second-order valence-electron chi connectivity index (χ2n) is 5.20. The zero-order valence-electron chi connectivity index (χ0n) is 11.3. The maximum atomic E-state index is 4.68. The van der Waals surface area contributed by atoms with E-state index in [1.807, 2.05) is 11.3 Å². The van der Waals surface area contributed by atoms with Gasteiger partial charge in [-0.3, -0.25) is 0 Å². The first-order valence-electron chi connectivity index (χ1n) is 6.87. The summed E-state index contributed by atoms with van der Waals surface area (Å²) in [5.41, 5.74) is 1.22. The van der Waals surface area contributed by atoms with Crippen LogP contribution in [0.5, 0.6) is 0 Å². The fourth-order valence-electron chi connectivity index (χ4n) is 2.73. The number of nitrogens with zero attached hydrogens (tertiary/aromatic N) is 1. The van der Waals surface area contributed by atoms with Crippen LogP contribution in [0.15, 0.2) is 0 Å². The third kappa shape index (κ3) is 3.29. The first kappa shape index (κ1) is 13.0. The largest absolute Gasteiger partial charge is 0.314 e. The van der Waals surface area contributed by atoms with E-state index in [-0.39, 0.29) is 0 Å². The lowest BCUT2D eigenvalue weighted by Gasteiger charge is -2.19. The van der Waals surface area contributed by atoms with Crippen molar-refractivity contribution in [2.24, 2.45) is 5.92 Å². The molecule has 1 aliphatic rings. The summed E-state index contributed by atoms with van der Waals surface area (Å²) in [6.07, 6.45) is 6.53. The average molecular weight is 252 g/mol. The Balaban J connectivity index is 1.93. The number of aryl methyl sites for hydroxylation is 2. The smallest absolute Gasteiger partial charge is 0.0934 e. The van der Waals surface area contributed by atoms with Crippen LogP contribution in [0.3, 0.4) is 0 Å². The molecule has 0 radical (unpaired) electrons. The van der Waals surface area contributed by atoms with Crippen LogP contribution in [0.25, 0.3) is 0 Å². The van der Waals surface area contributed by atoms with Gasteiger partial charge in [0.15, 0.2) is 0 Å². The molecule has 1 saturated carbocycles. The van der Waals surface area contributed by atoms with Crippen molar-refractivity contribution >= 4 is 11.3 Å². The molecular weight excluding hydrogens is 228 g/mol. The minimum absolute atomic E-state index is 0.736. The Kier molecular flexibility index (Phi) is 4.57. The van der Waals surface area contributed by atoms with Crippen LogP contribution in [0.4, 0.5) is 0 Å². The zero-order chi connectivity index (χ0) is 12.3. The van der Waals surface area contributed by atoms with E-state index in [2.05, 4.69) is 31.1 Å². The van der Waals surface area contributed by atoms with E-state index in [1.165, 1.54) is 47.7 Å². The Hall–Kier alpha value is -0.410. The Labute approximate surface area is 109 Å². The van der Waals surface area contributed by atoms with Gasteiger partial charge in [-0.1, -0.05) is 13.3 Å². The number of hydrogen-bond acceptors (Lipinski definition) is 3. The van der Waals surface area contributed by atoms with Gasteiger partial charge in [0.05, 0.1) is 10.7 Å². The summed E-state index contributed by atoms with van der Waals surface area (Å²) >= 11 is 1.89. The Morgan fingerprint density at radius 3 is 2.82 bits per heavy atom. The molecule has 1 aromatic rings. The predicted molar refractivity (Wildman–Crippen MR) is 74.7 cm³/mol. The standard InChI is InChI=1S/C14H24N2S/c1-4-8-15-13-7-5-6-12(13)9-14-16-10(2)11(3)17-14/h12-13,15H,4-9H2,1-3H3. The van der Waals surface area contributed by atoms with Gasteiger partial charge < -0.3 is 5.32 Å². The fourth-order valence-corrected chi connectivity index (χ4v) is 3.76. The third-order valence-electron chi connectivity index (χ3n) is 3.83. The molecule has 96 valence electrons. The lowest BCUT2D eigenvalue weighted by Crippen LogP contribution is -2.33. The molecule has 2 atom stereocenters. The van der Waals surface area contributed by atoms with Gasteiger partial charge in [-0.2, -0.15) is 0 Å². The molecule has 0 saturated heterocycles. The Morgan fingerprint density at radius 2 is 2.18 bits per heavy atom. The maximum absolute atomic E-state index is 4.68. The molecule has 1 fully saturated rings. The van der Waals surface area contributed by atoms with Gasteiger partial charge in [0.1, 0.15) is 0 Å². The zero-order valence-corrected chi connectivity index (χ0v) is 12.1. The monoisotopic (exact) mass is 252 g/mol. The van der Waals surface area contributed by atoms with Crippen molar-refractivity contribution in [1.82, 2.24) is 10.3 Å². The first-order valence-corrected chi connectivity index (χ1v) is 7.68. The average Bonchev–Trinajstić information content (AvgIpc) is 2.85. The molecule has 1 heterocycles. The Morgan fingerprint density at radius 1 is 1.35 bits per heavy atom. The van der Waals surface area contributed by atoms with Crippen molar-refractivity contribution in [2.45, 2.75) is 58.9 Å². The van der Waals surface area contributed by atoms with Crippen LogP contribution in [0.1, 0.15) is 48.2 Å². The molecule has 1 aromatic heterocycles. The molecule has 0 bridgehead atoms. The molecular formula is C14H24N2S. The van der Waals surface area contributed by atoms with Gasteiger partial charge in [-0.15, -0.1) is 11.3 Å². The van der Waals surface area contributed by atoms with Crippen LogP contribution in [-0.2, 0) is 6.42 Å². The summed E-state index contributed by atoms with van der Waals surface area (Å²) in [5.74, 6) is 0.812. The van der Waals surface area contributed by atoms with E-state index in [9.17, 15) is 0 Å². The van der Waals surface area contributed by atoms with Gasteiger partial charge in [0.2, 0.25) is 0 Å². The summed E-state index contributed by atoms with van der Waals surface area (Å²) < 4.78 is 0. The number of thiazole rings is 1. The summed E-state index contributed by atoms with van der Waals surface area (Å²) in [5, 5.41) is 5.04. The summed E-state index contributed by atoms with van der Waals surface area (Å²) in [7, 11) is 0. The molecule has 2 nitrogen and oxygen atoms in total. The maximum Gasteiger partial charge on any atom is 0.0934 e. The van der Waals surface area contributed by atoms with Gasteiger partial charge >= 0.3 is 0 Å². The highest BCUT2D eigenvalue weighted by molar-refractivity contribution is 7.11. The predicted octanol–water partition coefficient (Wildman–Crippen LogP) is 3.47. The van der Waals surface area contributed by atoms with E-state index in [4.69, 9.17) is 0 Å². The quantitative estimate of drug-likeness (QED) is 0.868. The minimum atomic E-state index is 0.736. The normalized spacial score (nSPS) is 24.4. The summed E-state index contributed by atoms with van der Waals surface area (Å²) in [6.45, 7) is 7.70. The highest BCUT2D eigenvalue weighted by Crippen LogP contribution is 2.30. The minimum Gasteiger partial charge on any atom is -0.314 e. The SMILES string of the molecule is CCCNC1CCCC1Cc1nc(C)c(C)s1. The van der Waals surface area contributed by atoms with Gasteiger partial charge in [0, 0.05) is 17.3 Å². The molecule has 0 spiro atoms. The van der Waals surface area contributed by atoms with Crippen molar-refractivity contribution in [2.75, 3.05) is 6.54 Å². The molecule has 0 amide bonds. The van der Waals surface area contributed by atoms with Crippen LogP contribution in [-0.4, -0.2) is 17.6 Å². The van der Waals surface area contributed by atoms with E-state index in [1.54, 1.807) is 0 Å². The molecule has 3 heteroatoms. The van der Waals surface area contributed by atoms with E-state index < -0.39 is 0 Å². The van der Waals surface area contributed by atoms with E-state index in [0.717, 1.165) is 18.5 Å². The molecule has 1 aliphatic carbocycles. The number of hydrogen-bond donors (Lipinski definition) is 1. The lowest BCUT2D eigenvalue weighted by atomic mass is 10.00. The summed E-state index contributed by atoms with van der Waals surface area (Å²) in [6, 6.07) is 0.736. The first-order chi connectivity index (χ1) is 8.20. The van der Waals surface area contributed by atoms with E-state index >= 15 is 0 Å². The van der Waals surface area contributed by atoms with Crippen LogP contribution >= 0.6 is 11.3 Å². The molecule has 0 aromatic carbocycles. The van der Waals surface area contributed by atoms with Crippen molar-refractivity contribution in [3.05, 3.63) is 15.6 Å². The number of aromatic nitrogens is 1. The summed E-state index contributed by atoms with van der Waals surface area (Å²) in [4.78, 5) is 6.06. The molecule has 1 N–H and O–H groups in total. The third-order valence-corrected chi connectivity index (χ3v) is 4.92. The van der Waals surface area contributed by atoms with Crippen molar-refractivity contribution < 1.29 is 0 Å². The van der Waals surface area contributed by atoms with Crippen molar-refractivity contribution in [3.8, 4) is 0 Å². The highest BCUT2D eigenvalue weighted by Gasteiger charge is 2.27. The second kappa shape index (κ2) is 5.96. The topological polar surface area (TPSA) is 24.9 Å². The molecule has 2 rings (SSSR count). The highest BCUT2D eigenvalue weighted by atomic mass is 32.1. The second-order valence-corrected chi connectivity index (χ2v) is 6.49. The van der Waals surface area contributed by atoms with Gasteiger partial charge in [-0.05, 0) is 45.6 Å². The Bertz CT molecular complexity index is 340. The molecule has 0 aliphatic heterocycles. The van der Waals surface area contributed by atoms with Crippen LogP contribution in [0.2, 0.25) is 0 Å². The number of rotatable bonds is 5. The van der Waals surface area contributed by atoms with Gasteiger partial charge in [0.25, 0.3) is 0 Å². The molecule has 17 heavy (non-hydrogen) atoms. The van der Waals surface area contributed by atoms with Crippen molar-refractivity contribution in [3.63, 3.8) is 0 Å². The van der Waals surface area contributed by atoms with Crippen LogP contribution < -0.4 is 5.32 Å². The number of nitrogens with one attached hydrogen (secondary N) is 1. The molecule has 2 unspecified atom stereocenters. The fraction of sp³-hybridized carbons (Fsp3) is 0.786. The van der Waals surface area contributed by atoms with E-state index in [0.29, 0.717) is 0 Å². The van der Waals surface area contributed by atoms with Crippen molar-refractivity contribution in [1.29, 1.82) is 0 Å². The van der Waals surface area contributed by atoms with Gasteiger partial charge in [-0.25, -0.2) is 4.98 Å². The van der Waals surface area contributed by atoms with Crippen LogP contribution in [0, 0.1) is 19.8 Å². The lowest BCUT2D eigenvalue weighted by molar-refractivity contribution is 0.398.